The van der Waals surface area contributed by atoms with E-state index in [-0.39, 0.29) is 5.84 Å². The molecule has 19 heavy (non-hydrogen) atoms. The van der Waals surface area contributed by atoms with Crippen molar-refractivity contribution in [2.45, 2.75) is 33.1 Å². The lowest BCUT2D eigenvalue weighted by molar-refractivity contribution is 0.318. The molecule has 0 atom stereocenters. The standard InChI is InChI=1S/C14H22N4O/c1-14(2)5-3-8-18(9-6-14)12-10-11(4-7-16-12)13(15)17-19/h4,7,10,19H,3,5-6,8-9H2,1-2H3,(H2,15,17). The molecule has 3 N–H and O–H groups in total. The van der Waals surface area contributed by atoms with Crippen molar-refractivity contribution in [1.82, 2.24) is 4.98 Å². The summed E-state index contributed by atoms with van der Waals surface area (Å²) in [6, 6.07) is 3.63. The van der Waals surface area contributed by atoms with Gasteiger partial charge in [0.15, 0.2) is 5.84 Å². The largest absolute Gasteiger partial charge is 0.409 e. The van der Waals surface area contributed by atoms with Gasteiger partial charge in [0.1, 0.15) is 5.82 Å². The van der Waals surface area contributed by atoms with E-state index in [0.29, 0.717) is 11.0 Å². The molecule has 1 saturated heterocycles. The van der Waals surface area contributed by atoms with Crippen LogP contribution in [0, 0.1) is 5.41 Å². The van der Waals surface area contributed by atoms with Gasteiger partial charge in [0.05, 0.1) is 0 Å². The molecule has 0 saturated carbocycles. The quantitative estimate of drug-likeness (QED) is 0.371. The first-order valence-corrected chi connectivity index (χ1v) is 6.71. The first-order chi connectivity index (χ1) is 9.02. The summed E-state index contributed by atoms with van der Waals surface area (Å²) in [5.74, 6) is 1.03. The summed E-state index contributed by atoms with van der Waals surface area (Å²) in [5.41, 5.74) is 6.73. The van der Waals surface area contributed by atoms with Crippen molar-refractivity contribution in [1.29, 1.82) is 0 Å². The first kappa shape index (κ1) is 13.6. The summed E-state index contributed by atoms with van der Waals surface area (Å²) >= 11 is 0. The third kappa shape index (κ3) is 3.36. The summed E-state index contributed by atoms with van der Waals surface area (Å²) in [4.78, 5) is 6.68. The van der Waals surface area contributed by atoms with Gasteiger partial charge in [-0.15, -0.1) is 0 Å². The van der Waals surface area contributed by atoms with Gasteiger partial charge in [-0.2, -0.15) is 0 Å². The van der Waals surface area contributed by atoms with Gasteiger partial charge < -0.3 is 15.8 Å². The molecule has 1 aliphatic rings. The summed E-state index contributed by atoms with van der Waals surface area (Å²) in [5, 5.41) is 11.8. The van der Waals surface area contributed by atoms with Gasteiger partial charge in [-0.1, -0.05) is 19.0 Å². The lowest BCUT2D eigenvalue weighted by atomic mass is 9.85. The van der Waals surface area contributed by atoms with Crippen LogP contribution in [0.15, 0.2) is 23.5 Å². The number of oxime groups is 1. The highest BCUT2D eigenvalue weighted by molar-refractivity contribution is 5.97. The average molecular weight is 262 g/mol. The summed E-state index contributed by atoms with van der Waals surface area (Å²) in [7, 11) is 0. The Balaban J connectivity index is 2.18. The fourth-order valence-corrected chi connectivity index (χ4v) is 2.46. The molecule has 0 aromatic carbocycles. The maximum absolute atomic E-state index is 8.73. The highest BCUT2D eigenvalue weighted by Crippen LogP contribution is 2.31. The van der Waals surface area contributed by atoms with Crippen molar-refractivity contribution in [2.75, 3.05) is 18.0 Å². The Morgan fingerprint density at radius 2 is 2.21 bits per heavy atom. The van der Waals surface area contributed by atoms with Gasteiger partial charge in [0.2, 0.25) is 0 Å². The number of anilines is 1. The Morgan fingerprint density at radius 3 is 2.95 bits per heavy atom. The fraction of sp³-hybridized carbons (Fsp3) is 0.571. The van der Waals surface area contributed by atoms with Crippen molar-refractivity contribution in [3.8, 4) is 0 Å². The van der Waals surface area contributed by atoms with Gasteiger partial charge in [0, 0.05) is 24.8 Å². The number of nitrogens with two attached hydrogens (primary N) is 1. The number of amidine groups is 1. The molecule has 0 bridgehead atoms. The zero-order valence-corrected chi connectivity index (χ0v) is 11.6. The predicted molar refractivity (Wildman–Crippen MR) is 76.6 cm³/mol. The minimum absolute atomic E-state index is 0.124. The van der Waals surface area contributed by atoms with E-state index in [0.717, 1.165) is 25.3 Å². The van der Waals surface area contributed by atoms with Crippen LogP contribution in [0.25, 0.3) is 0 Å². The Morgan fingerprint density at radius 1 is 1.42 bits per heavy atom. The number of rotatable bonds is 2. The molecule has 0 spiro atoms. The van der Waals surface area contributed by atoms with Crippen LogP contribution in [-0.4, -0.2) is 29.1 Å². The van der Waals surface area contributed by atoms with Gasteiger partial charge in [-0.05, 0) is 36.8 Å². The SMILES string of the molecule is CC1(C)CCCN(c2cc(C(N)=NO)ccn2)CC1. The van der Waals surface area contributed by atoms with E-state index in [2.05, 4.69) is 28.9 Å². The first-order valence-electron chi connectivity index (χ1n) is 6.71. The fourth-order valence-electron chi connectivity index (χ4n) is 2.46. The molecule has 0 amide bonds. The lowest BCUT2D eigenvalue weighted by Crippen LogP contribution is -2.26. The monoisotopic (exact) mass is 262 g/mol. The van der Waals surface area contributed by atoms with Crippen LogP contribution in [0.5, 0.6) is 0 Å². The van der Waals surface area contributed by atoms with Crippen molar-refractivity contribution < 1.29 is 5.21 Å². The Kier molecular flexibility index (Phi) is 3.93. The average Bonchev–Trinajstić information content (AvgIpc) is 2.59. The maximum Gasteiger partial charge on any atom is 0.170 e. The highest BCUT2D eigenvalue weighted by Gasteiger charge is 2.23. The number of nitrogens with zero attached hydrogens (tertiary/aromatic N) is 3. The second kappa shape index (κ2) is 5.47. The summed E-state index contributed by atoms with van der Waals surface area (Å²) in [6.07, 6.45) is 5.27. The summed E-state index contributed by atoms with van der Waals surface area (Å²) in [6.45, 7) is 6.64. The van der Waals surface area contributed by atoms with Crippen molar-refractivity contribution in [3.05, 3.63) is 23.9 Å². The van der Waals surface area contributed by atoms with Gasteiger partial charge >= 0.3 is 0 Å². The molecule has 0 aliphatic carbocycles. The Hall–Kier alpha value is -1.78. The van der Waals surface area contributed by atoms with Crippen LogP contribution in [0.1, 0.15) is 38.7 Å². The molecule has 5 heteroatoms. The van der Waals surface area contributed by atoms with Crippen LogP contribution >= 0.6 is 0 Å². The number of pyridine rings is 1. The van der Waals surface area contributed by atoms with Crippen LogP contribution in [0.4, 0.5) is 5.82 Å². The molecule has 2 rings (SSSR count). The number of aromatic nitrogens is 1. The third-order valence-corrected chi connectivity index (χ3v) is 3.81. The zero-order valence-electron chi connectivity index (χ0n) is 11.6. The maximum atomic E-state index is 8.73. The smallest absolute Gasteiger partial charge is 0.170 e. The van der Waals surface area contributed by atoms with E-state index in [9.17, 15) is 0 Å². The molecule has 1 aliphatic heterocycles. The molecule has 104 valence electrons. The second-order valence-electron chi connectivity index (χ2n) is 5.89. The number of hydrogen-bond donors (Lipinski definition) is 2. The topological polar surface area (TPSA) is 74.7 Å². The van der Waals surface area contributed by atoms with Crippen LogP contribution in [0.3, 0.4) is 0 Å². The molecule has 0 radical (unpaired) electrons. The van der Waals surface area contributed by atoms with E-state index in [1.165, 1.54) is 12.8 Å². The molecular formula is C14H22N4O. The molecule has 1 aromatic heterocycles. The summed E-state index contributed by atoms with van der Waals surface area (Å²) < 4.78 is 0. The molecule has 2 heterocycles. The van der Waals surface area contributed by atoms with Gasteiger partial charge in [-0.25, -0.2) is 4.98 Å². The van der Waals surface area contributed by atoms with Crippen molar-refractivity contribution in [2.24, 2.45) is 16.3 Å². The van der Waals surface area contributed by atoms with E-state index >= 15 is 0 Å². The lowest BCUT2D eigenvalue weighted by Gasteiger charge is -2.24. The van der Waals surface area contributed by atoms with Gasteiger partial charge in [-0.3, -0.25) is 0 Å². The molecule has 0 unspecified atom stereocenters. The minimum Gasteiger partial charge on any atom is -0.409 e. The van der Waals surface area contributed by atoms with E-state index in [1.807, 2.05) is 6.07 Å². The van der Waals surface area contributed by atoms with E-state index < -0.39 is 0 Å². The van der Waals surface area contributed by atoms with Gasteiger partial charge in [0.25, 0.3) is 0 Å². The van der Waals surface area contributed by atoms with E-state index in [4.69, 9.17) is 10.9 Å². The van der Waals surface area contributed by atoms with Crippen LogP contribution in [-0.2, 0) is 0 Å². The van der Waals surface area contributed by atoms with E-state index in [1.54, 1.807) is 12.3 Å². The highest BCUT2D eigenvalue weighted by atomic mass is 16.4. The Labute approximate surface area is 114 Å². The van der Waals surface area contributed by atoms with Crippen molar-refractivity contribution >= 4 is 11.7 Å². The minimum atomic E-state index is 0.124. The zero-order chi connectivity index (χ0) is 13.9. The normalized spacial score (nSPS) is 20.1. The second-order valence-corrected chi connectivity index (χ2v) is 5.89. The van der Waals surface area contributed by atoms with Crippen LogP contribution in [0.2, 0.25) is 0 Å². The molecule has 1 fully saturated rings. The number of hydrogen-bond acceptors (Lipinski definition) is 4. The molecule has 1 aromatic rings. The molecule has 5 nitrogen and oxygen atoms in total. The van der Waals surface area contributed by atoms with Crippen molar-refractivity contribution in [3.63, 3.8) is 0 Å². The van der Waals surface area contributed by atoms with Crippen LogP contribution < -0.4 is 10.6 Å². The molecular weight excluding hydrogens is 240 g/mol. The Bertz CT molecular complexity index is 470. The third-order valence-electron chi connectivity index (χ3n) is 3.81. The predicted octanol–water partition coefficient (Wildman–Crippen LogP) is 2.19.